The van der Waals surface area contributed by atoms with Gasteiger partial charge >= 0.3 is 0 Å². The molecule has 27 heavy (non-hydrogen) atoms. The molecule has 2 rings (SSSR count). The average Bonchev–Trinajstić information content (AvgIpc) is 2.68. The molecule has 0 spiro atoms. The van der Waals surface area contributed by atoms with Crippen LogP contribution in [0.3, 0.4) is 0 Å². The largest absolute Gasteiger partial charge is 0.493 e. The van der Waals surface area contributed by atoms with Gasteiger partial charge in [-0.25, -0.2) is 0 Å². The van der Waals surface area contributed by atoms with E-state index in [1.54, 1.807) is 49.6 Å². The molecule has 0 bridgehead atoms. The number of halogens is 1. The maximum atomic E-state index is 12.4. The fourth-order valence-electron chi connectivity index (χ4n) is 2.29. The predicted molar refractivity (Wildman–Crippen MR) is 107 cm³/mol. The lowest BCUT2D eigenvalue weighted by molar-refractivity contribution is -0.112. The summed E-state index contributed by atoms with van der Waals surface area (Å²) < 4.78 is 11.0. The van der Waals surface area contributed by atoms with Gasteiger partial charge in [0.15, 0.2) is 11.5 Å². The third kappa shape index (κ3) is 5.77. The molecule has 0 aliphatic rings. The molecule has 0 saturated carbocycles. The number of carbonyl (C=O) groups excluding carboxylic acids is 1. The van der Waals surface area contributed by atoms with E-state index in [4.69, 9.17) is 21.1 Å². The van der Waals surface area contributed by atoms with Gasteiger partial charge in [0.05, 0.1) is 24.4 Å². The number of hydrogen-bond acceptors (Lipinski definition) is 4. The van der Waals surface area contributed by atoms with Crippen LogP contribution in [0, 0.1) is 11.3 Å². The number of hydrogen-bond donors (Lipinski definition) is 1. The molecule has 1 amide bonds. The van der Waals surface area contributed by atoms with Gasteiger partial charge in [0.1, 0.15) is 11.6 Å². The van der Waals surface area contributed by atoms with E-state index in [1.807, 2.05) is 6.07 Å². The number of nitrogens with zero attached hydrogens (tertiary/aromatic N) is 1. The van der Waals surface area contributed by atoms with Crippen LogP contribution in [0.5, 0.6) is 11.5 Å². The summed E-state index contributed by atoms with van der Waals surface area (Å²) in [6.45, 7) is 2.69. The van der Waals surface area contributed by atoms with Crippen LogP contribution in [0.1, 0.15) is 25.3 Å². The maximum Gasteiger partial charge on any atom is 0.266 e. The summed E-state index contributed by atoms with van der Waals surface area (Å²) in [5, 5.41) is 12.4. The molecular formula is C21H21ClN2O3. The van der Waals surface area contributed by atoms with Crippen LogP contribution in [-0.4, -0.2) is 19.6 Å². The zero-order valence-corrected chi connectivity index (χ0v) is 16.0. The molecule has 0 aliphatic heterocycles. The quantitative estimate of drug-likeness (QED) is 0.391. The molecule has 5 nitrogen and oxygen atoms in total. The Balaban J connectivity index is 2.20. The van der Waals surface area contributed by atoms with Gasteiger partial charge in [0.25, 0.3) is 5.91 Å². The molecule has 0 atom stereocenters. The summed E-state index contributed by atoms with van der Waals surface area (Å²) in [5.41, 5.74) is 1.06. The van der Waals surface area contributed by atoms with Gasteiger partial charge in [-0.2, -0.15) is 5.26 Å². The molecule has 2 aromatic carbocycles. The Hall–Kier alpha value is -2.97. The standard InChI is InChI=1S/C21H21ClN2O3/c1-3-4-11-27-19-10-9-15(13-20(19)26-2)12-16(14-23)21(25)24-18-8-6-5-7-17(18)22/h5-10,12-13H,3-4,11H2,1-2H3,(H,24,25)/b16-12-. The van der Waals surface area contributed by atoms with E-state index in [0.717, 1.165) is 12.8 Å². The second kappa shape index (κ2) is 10.2. The number of nitriles is 1. The third-order valence-corrected chi connectivity index (χ3v) is 4.07. The number of nitrogens with one attached hydrogen (secondary N) is 1. The summed E-state index contributed by atoms with van der Waals surface area (Å²) in [6, 6.07) is 14.0. The molecule has 0 fully saturated rings. The maximum absolute atomic E-state index is 12.4. The second-order valence-corrected chi connectivity index (χ2v) is 6.12. The van der Waals surface area contributed by atoms with Crippen molar-refractivity contribution < 1.29 is 14.3 Å². The van der Waals surface area contributed by atoms with E-state index in [-0.39, 0.29) is 5.57 Å². The van der Waals surface area contributed by atoms with Crippen LogP contribution >= 0.6 is 11.6 Å². The van der Waals surface area contributed by atoms with E-state index < -0.39 is 5.91 Å². The lowest BCUT2D eigenvalue weighted by Gasteiger charge is -2.11. The molecule has 1 N–H and O–H groups in total. The normalized spacial score (nSPS) is 10.8. The SMILES string of the molecule is CCCCOc1ccc(/C=C(/C#N)C(=O)Nc2ccccc2Cl)cc1OC. The number of ether oxygens (including phenoxy) is 2. The minimum atomic E-state index is -0.534. The van der Waals surface area contributed by atoms with Crippen molar-refractivity contribution in [3.63, 3.8) is 0 Å². The number of unbranched alkanes of at least 4 members (excludes halogenated alkanes) is 1. The van der Waals surface area contributed by atoms with E-state index in [9.17, 15) is 10.1 Å². The van der Waals surface area contributed by atoms with Crippen molar-refractivity contribution in [3.8, 4) is 17.6 Å². The summed E-state index contributed by atoms with van der Waals surface area (Å²) in [7, 11) is 1.55. The van der Waals surface area contributed by atoms with Crippen LogP contribution in [0.15, 0.2) is 48.0 Å². The summed E-state index contributed by atoms with van der Waals surface area (Å²) in [4.78, 5) is 12.4. The first-order valence-electron chi connectivity index (χ1n) is 8.57. The Labute approximate surface area is 164 Å². The monoisotopic (exact) mass is 384 g/mol. The van der Waals surface area contributed by atoms with E-state index in [2.05, 4.69) is 12.2 Å². The van der Waals surface area contributed by atoms with Gasteiger partial charge in [-0.05, 0) is 42.3 Å². The zero-order chi connectivity index (χ0) is 19.6. The Morgan fingerprint density at radius 2 is 2.04 bits per heavy atom. The molecule has 0 radical (unpaired) electrons. The van der Waals surface area contributed by atoms with Crippen molar-refractivity contribution in [1.29, 1.82) is 5.26 Å². The average molecular weight is 385 g/mol. The Bertz CT molecular complexity index is 872. The van der Waals surface area contributed by atoms with E-state index in [1.165, 1.54) is 6.08 Å². The number of rotatable bonds is 8. The van der Waals surface area contributed by atoms with Crippen LogP contribution in [0.4, 0.5) is 5.69 Å². The number of benzene rings is 2. The highest BCUT2D eigenvalue weighted by Gasteiger charge is 2.12. The van der Waals surface area contributed by atoms with Gasteiger partial charge in [-0.1, -0.05) is 43.1 Å². The first-order chi connectivity index (χ1) is 13.1. The molecule has 6 heteroatoms. The molecule has 0 heterocycles. The van der Waals surface area contributed by atoms with E-state index in [0.29, 0.717) is 34.4 Å². The fraction of sp³-hybridized carbons (Fsp3) is 0.238. The minimum absolute atomic E-state index is 0.0448. The summed E-state index contributed by atoms with van der Waals surface area (Å²) >= 11 is 6.04. The number of anilines is 1. The van der Waals surface area contributed by atoms with Gasteiger partial charge < -0.3 is 14.8 Å². The van der Waals surface area contributed by atoms with Crippen molar-refractivity contribution in [3.05, 3.63) is 58.6 Å². The number of methoxy groups -OCH3 is 1. The topological polar surface area (TPSA) is 71.3 Å². The molecule has 0 aromatic heterocycles. The molecule has 140 valence electrons. The van der Waals surface area contributed by atoms with Crippen molar-refractivity contribution in [1.82, 2.24) is 0 Å². The van der Waals surface area contributed by atoms with Crippen LogP contribution < -0.4 is 14.8 Å². The Kier molecular flexibility index (Phi) is 7.72. The number of para-hydroxylation sites is 1. The first-order valence-corrected chi connectivity index (χ1v) is 8.95. The number of amides is 1. The first kappa shape index (κ1) is 20.3. The Morgan fingerprint density at radius 1 is 1.26 bits per heavy atom. The van der Waals surface area contributed by atoms with Gasteiger partial charge in [-0.3, -0.25) is 4.79 Å². The Morgan fingerprint density at radius 3 is 2.70 bits per heavy atom. The number of carbonyl (C=O) groups is 1. The van der Waals surface area contributed by atoms with Crippen molar-refractivity contribution in [2.45, 2.75) is 19.8 Å². The highest BCUT2D eigenvalue weighted by Crippen LogP contribution is 2.29. The van der Waals surface area contributed by atoms with Crippen LogP contribution in [0.25, 0.3) is 6.08 Å². The third-order valence-electron chi connectivity index (χ3n) is 3.74. The van der Waals surface area contributed by atoms with Crippen LogP contribution in [-0.2, 0) is 4.79 Å². The van der Waals surface area contributed by atoms with Crippen LogP contribution in [0.2, 0.25) is 5.02 Å². The van der Waals surface area contributed by atoms with Crippen molar-refractivity contribution in [2.24, 2.45) is 0 Å². The minimum Gasteiger partial charge on any atom is -0.493 e. The zero-order valence-electron chi connectivity index (χ0n) is 15.3. The van der Waals surface area contributed by atoms with Gasteiger partial charge in [-0.15, -0.1) is 0 Å². The summed E-state index contributed by atoms with van der Waals surface area (Å²) in [5.74, 6) is 0.638. The second-order valence-electron chi connectivity index (χ2n) is 5.72. The summed E-state index contributed by atoms with van der Waals surface area (Å²) in [6.07, 6.45) is 3.48. The predicted octanol–water partition coefficient (Wildman–Crippen LogP) is 5.07. The van der Waals surface area contributed by atoms with Crippen molar-refractivity contribution in [2.75, 3.05) is 19.0 Å². The highest BCUT2D eigenvalue weighted by molar-refractivity contribution is 6.34. The fourth-order valence-corrected chi connectivity index (χ4v) is 2.47. The molecule has 2 aromatic rings. The van der Waals surface area contributed by atoms with Gasteiger partial charge in [0, 0.05) is 0 Å². The highest BCUT2D eigenvalue weighted by atomic mass is 35.5. The molecule has 0 saturated heterocycles. The lowest BCUT2D eigenvalue weighted by atomic mass is 10.1. The van der Waals surface area contributed by atoms with Crippen molar-refractivity contribution >= 4 is 29.3 Å². The van der Waals surface area contributed by atoms with E-state index >= 15 is 0 Å². The molecular weight excluding hydrogens is 364 g/mol. The smallest absolute Gasteiger partial charge is 0.266 e. The molecule has 0 aliphatic carbocycles. The molecule has 0 unspecified atom stereocenters. The lowest BCUT2D eigenvalue weighted by Crippen LogP contribution is -2.13. The van der Waals surface area contributed by atoms with Gasteiger partial charge in [0.2, 0.25) is 0 Å².